The number of aromatic nitrogens is 3. The number of nitrogens with zero attached hydrogens (tertiary/aromatic N) is 3. The molecule has 1 amide bonds. The van der Waals surface area contributed by atoms with Crippen molar-refractivity contribution in [1.29, 1.82) is 0 Å². The van der Waals surface area contributed by atoms with E-state index < -0.39 is 59.5 Å². The Labute approximate surface area is 229 Å². The van der Waals surface area contributed by atoms with E-state index in [1.165, 1.54) is 22.9 Å². The lowest BCUT2D eigenvalue weighted by Gasteiger charge is -2.31. The SMILES string of the molecule is Cn1cc2cc(C(=O)NC[C@](O)(c3cc4c(c(-c5ccc(F)cc5)n3)OC[C@@]4(N)C(F)(F)F)C3CC3)cc(F)c2n1. The van der Waals surface area contributed by atoms with Crippen molar-refractivity contribution in [3.8, 4) is 17.0 Å². The molecule has 2 aliphatic rings. The first-order valence-corrected chi connectivity index (χ1v) is 12.7. The zero-order valence-corrected chi connectivity index (χ0v) is 21.6. The number of pyridine rings is 1. The Morgan fingerprint density at radius 2 is 1.90 bits per heavy atom. The second-order valence-electron chi connectivity index (χ2n) is 10.6. The van der Waals surface area contributed by atoms with Crippen molar-refractivity contribution in [2.75, 3.05) is 13.2 Å². The summed E-state index contributed by atoms with van der Waals surface area (Å²) in [5.74, 6) is -2.64. The van der Waals surface area contributed by atoms with Gasteiger partial charge >= 0.3 is 6.18 Å². The Morgan fingerprint density at radius 1 is 1.20 bits per heavy atom. The fourth-order valence-electron chi connectivity index (χ4n) is 5.20. The number of carbonyl (C=O) groups is 1. The maximum absolute atomic E-state index is 14.6. The van der Waals surface area contributed by atoms with Gasteiger partial charge < -0.3 is 20.9 Å². The molecule has 41 heavy (non-hydrogen) atoms. The van der Waals surface area contributed by atoms with E-state index in [1.807, 2.05) is 0 Å². The summed E-state index contributed by atoms with van der Waals surface area (Å²) < 4.78 is 77.5. The highest BCUT2D eigenvalue weighted by Crippen LogP contribution is 2.52. The first-order valence-electron chi connectivity index (χ1n) is 12.7. The van der Waals surface area contributed by atoms with Crippen LogP contribution in [0.1, 0.15) is 34.5 Å². The number of halogens is 5. The Balaban J connectivity index is 1.40. The molecule has 0 saturated heterocycles. The van der Waals surface area contributed by atoms with E-state index in [1.54, 1.807) is 13.2 Å². The van der Waals surface area contributed by atoms with Crippen LogP contribution in [0.4, 0.5) is 22.0 Å². The van der Waals surface area contributed by atoms with Gasteiger partial charge in [0, 0.05) is 35.3 Å². The molecule has 2 atom stereocenters. The quantitative estimate of drug-likeness (QED) is 0.300. The van der Waals surface area contributed by atoms with Gasteiger partial charge in [-0.25, -0.2) is 13.8 Å². The van der Waals surface area contributed by atoms with E-state index in [2.05, 4.69) is 15.4 Å². The Kier molecular flexibility index (Phi) is 6.09. The van der Waals surface area contributed by atoms with Gasteiger partial charge in [-0.1, -0.05) is 0 Å². The number of ether oxygens (including phenoxy) is 1. The predicted molar refractivity (Wildman–Crippen MR) is 137 cm³/mol. The summed E-state index contributed by atoms with van der Waals surface area (Å²) in [6, 6.07) is 8.43. The first kappa shape index (κ1) is 27.1. The van der Waals surface area contributed by atoms with Crippen LogP contribution in [0, 0.1) is 17.6 Å². The summed E-state index contributed by atoms with van der Waals surface area (Å²) in [6.07, 6.45) is -2.31. The highest BCUT2D eigenvalue weighted by Gasteiger charge is 2.59. The molecule has 0 unspecified atom stereocenters. The van der Waals surface area contributed by atoms with Crippen LogP contribution in [-0.2, 0) is 18.2 Å². The topological polar surface area (TPSA) is 115 Å². The minimum absolute atomic E-state index is 0.0264. The zero-order chi connectivity index (χ0) is 29.3. The molecule has 13 heteroatoms. The summed E-state index contributed by atoms with van der Waals surface area (Å²) in [7, 11) is 1.61. The maximum Gasteiger partial charge on any atom is 0.414 e. The van der Waals surface area contributed by atoms with Gasteiger partial charge in [-0.3, -0.25) is 9.48 Å². The molecule has 1 aliphatic carbocycles. The molecule has 0 bridgehead atoms. The molecular formula is C28H24F5N5O3. The summed E-state index contributed by atoms with van der Waals surface area (Å²) in [4.78, 5) is 17.5. The molecule has 2 aromatic heterocycles. The van der Waals surface area contributed by atoms with Crippen molar-refractivity contribution in [2.24, 2.45) is 18.7 Å². The minimum atomic E-state index is -4.90. The van der Waals surface area contributed by atoms with Gasteiger partial charge in [0.15, 0.2) is 17.1 Å². The monoisotopic (exact) mass is 573 g/mol. The zero-order valence-electron chi connectivity index (χ0n) is 21.6. The Morgan fingerprint density at radius 3 is 2.56 bits per heavy atom. The lowest BCUT2D eigenvalue weighted by Crippen LogP contribution is -2.52. The van der Waals surface area contributed by atoms with Crippen LogP contribution in [0.15, 0.2) is 48.7 Å². The predicted octanol–water partition coefficient (Wildman–Crippen LogP) is 4.05. The van der Waals surface area contributed by atoms with Crippen LogP contribution in [0.25, 0.3) is 22.2 Å². The number of amides is 1. The normalized spacial score (nSPS) is 20.0. The molecule has 2 aromatic carbocycles. The Hall–Kier alpha value is -4.10. The lowest BCUT2D eigenvalue weighted by molar-refractivity contribution is -0.191. The molecule has 3 heterocycles. The second-order valence-corrected chi connectivity index (χ2v) is 10.6. The summed E-state index contributed by atoms with van der Waals surface area (Å²) in [5, 5.41) is 18.9. The van der Waals surface area contributed by atoms with Gasteiger partial charge in [0.05, 0.1) is 12.2 Å². The first-order chi connectivity index (χ1) is 19.3. The number of fused-ring (bicyclic) bond motifs is 2. The molecule has 0 spiro atoms. The van der Waals surface area contributed by atoms with Crippen LogP contribution < -0.4 is 15.8 Å². The van der Waals surface area contributed by atoms with Gasteiger partial charge in [0.1, 0.15) is 29.2 Å². The van der Waals surface area contributed by atoms with E-state index in [0.717, 1.165) is 24.3 Å². The molecule has 214 valence electrons. The standard InChI is InChI=1S/C28H24F5N5O3/c1-38-11-16-8-15(9-20(30)22(16)37-38)25(39)35-12-26(40,17-4-5-17)21-10-19-24(41-13-27(19,34)28(31,32)33)23(36-21)14-2-6-18(29)7-3-14/h2-3,6-11,17,40H,4-5,12-13,34H2,1H3,(H,35,39)/t26-,27+/m1/s1. The number of alkyl halides is 3. The van der Waals surface area contributed by atoms with E-state index in [4.69, 9.17) is 10.5 Å². The number of benzene rings is 2. The third-order valence-electron chi connectivity index (χ3n) is 7.67. The third-order valence-corrected chi connectivity index (χ3v) is 7.67. The molecule has 4 N–H and O–H groups in total. The number of carbonyl (C=O) groups excluding carboxylic acids is 1. The van der Waals surface area contributed by atoms with Crippen LogP contribution in [0.3, 0.4) is 0 Å². The number of nitrogens with two attached hydrogens (primary N) is 1. The number of hydrogen-bond acceptors (Lipinski definition) is 6. The van der Waals surface area contributed by atoms with Crippen molar-refractivity contribution < 1.29 is 36.6 Å². The summed E-state index contributed by atoms with van der Waals surface area (Å²) in [6.45, 7) is -1.34. The van der Waals surface area contributed by atoms with Crippen LogP contribution in [0.2, 0.25) is 0 Å². The van der Waals surface area contributed by atoms with Gasteiger partial charge in [0.25, 0.3) is 5.91 Å². The number of hydrogen-bond donors (Lipinski definition) is 3. The second kappa shape index (κ2) is 9.21. The summed E-state index contributed by atoms with van der Waals surface area (Å²) in [5.41, 5.74) is 0.740. The molecule has 6 rings (SSSR count). The molecule has 1 saturated carbocycles. The highest BCUT2D eigenvalue weighted by molar-refractivity contribution is 5.98. The van der Waals surface area contributed by atoms with Gasteiger partial charge in [-0.05, 0) is 61.2 Å². The average molecular weight is 574 g/mol. The van der Waals surface area contributed by atoms with Crippen molar-refractivity contribution in [3.63, 3.8) is 0 Å². The van der Waals surface area contributed by atoms with E-state index in [-0.39, 0.29) is 33.8 Å². The molecule has 0 radical (unpaired) electrons. The number of rotatable bonds is 6. The van der Waals surface area contributed by atoms with Gasteiger partial charge in [-0.2, -0.15) is 18.3 Å². The molecule has 1 aliphatic heterocycles. The van der Waals surface area contributed by atoms with Crippen molar-refractivity contribution in [2.45, 2.75) is 30.2 Å². The van der Waals surface area contributed by atoms with Crippen LogP contribution in [0.5, 0.6) is 5.75 Å². The average Bonchev–Trinajstić information content (AvgIpc) is 3.63. The van der Waals surface area contributed by atoms with Crippen LogP contribution in [-0.4, -0.2) is 45.1 Å². The lowest BCUT2D eigenvalue weighted by atomic mass is 9.86. The number of aryl methyl sites for hydroxylation is 1. The molecular weight excluding hydrogens is 549 g/mol. The van der Waals surface area contributed by atoms with E-state index in [0.29, 0.717) is 18.2 Å². The van der Waals surface area contributed by atoms with E-state index >= 15 is 0 Å². The number of aliphatic hydroxyl groups is 1. The van der Waals surface area contributed by atoms with Gasteiger partial charge in [-0.15, -0.1) is 0 Å². The molecule has 1 fully saturated rings. The van der Waals surface area contributed by atoms with Crippen molar-refractivity contribution in [1.82, 2.24) is 20.1 Å². The highest BCUT2D eigenvalue weighted by atomic mass is 19.4. The summed E-state index contributed by atoms with van der Waals surface area (Å²) >= 11 is 0. The third kappa shape index (κ3) is 4.49. The largest absolute Gasteiger partial charge is 0.488 e. The minimum Gasteiger partial charge on any atom is -0.488 e. The van der Waals surface area contributed by atoms with E-state index in [9.17, 15) is 31.9 Å². The fourth-order valence-corrected chi connectivity index (χ4v) is 5.20. The van der Waals surface area contributed by atoms with Crippen LogP contribution >= 0.6 is 0 Å². The fraction of sp³-hybridized carbons (Fsp3) is 0.321. The smallest absolute Gasteiger partial charge is 0.414 e. The van der Waals surface area contributed by atoms with Gasteiger partial charge in [0.2, 0.25) is 0 Å². The van der Waals surface area contributed by atoms with Crippen molar-refractivity contribution in [3.05, 3.63) is 77.1 Å². The number of nitrogens with one attached hydrogen (secondary N) is 1. The van der Waals surface area contributed by atoms with Crippen molar-refractivity contribution >= 4 is 16.8 Å². The Bertz CT molecular complexity index is 1690. The molecule has 4 aromatic rings. The molecule has 8 nitrogen and oxygen atoms in total. The maximum atomic E-state index is 14.6.